The lowest BCUT2D eigenvalue weighted by Crippen LogP contribution is -2.37. The van der Waals surface area contributed by atoms with Gasteiger partial charge < -0.3 is 9.85 Å². The molecule has 0 saturated carbocycles. The number of aromatic nitrogens is 1. The van der Waals surface area contributed by atoms with Crippen molar-refractivity contribution in [2.24, 2.45) is 0 Å². The van der Waals surface area contributed by atoms with Gasteiger partial charge in [-0.2, -0.15) is 0 Å². The average Bonchev–Trinajstić information content (AvgIpc) is 2.76. The third kappa shape index (κ3) is 2.28. The summed E-state index contributed by atoms with van der Waals surface area (Å²) in [6, 6.07) is 8.08. The molecule has 1 aromatic carbocycles. The van der Waals surface area contributed by atoms with Crippen LogP contribution in [0.2, 0.25) is 0 Å². The molecule has 0 bridgehead atoms. The molecule has 0 unspecified atom stereocenters. The minimum Gasteiger partial charge on any atom is -0.633 e. The van der Waals surface area contributed by atoms with E-state index in [1.165, 1.54) is 0 Å². The molecule has 1 aliphatic heterocycles. The number of quaternary nitrogens is 1. The second-order valence-corrected chi connectivity index (χ2v) is 5.88. The standard InChI is InChI=1S/C14H15BrN2O/c15-13-9-11(10-17(18)6-1-2-7-17)8-12-4-3-5-16-14(12)13/h3-5,8-9H,1-2,6-7,10H2. The van der Waals surface area contributed by atoms with Crippen molar-refractivity contribution in [3.05, 3.63) is 45.7 Å². The van der Waals surface area contributed by atoms with E-state index in [1.54, 1.807) is 6.20 Å². The van der Waals surface area contributed by atoms with Crippen LogP contribution >= 0.6 is 15.9 Å². The Labute approximate surface area is 115 Å². The molecule has 0 radical (unpaired) electrons. The van der Waals surface area contributed by atoms with Gasteiger partial charge >= 0.3 is 0 Å². The molecular formula is C14H15BrN2O. The lowest BCUT2D eigenvalue weighted by atomic mass is 10.1. The van der Waals surface area contributed by atoms with Gasteiger partial charge in [-0.25, -0.2) is 0 Å². The van der Waals surface area contributed by atoms with Crippen LogP contribution in [0.4, 0.5) is 0 Å². The molecule has 0 atom stereocenters. The van der Waals surface area contributed by atoms with Gasteiger partial charge in [0.15, 0.2) is 0 Å². The summed E-state index contributed by atoms with van der Waals surface area (Å²) in [6.07, 6.45) is 3.90. The van der Waals surface area contributed by atoms with Crippen molar-refractivity contribution in [1.29, 1.82) is 0 Å². The Morgan fingerprint density at radius 1 is 1.28 bits per heavy atom. The van der Waals surface area contributed by atoms with Crippen molar-refractivity contribution in [2.45, 2.75) is 19.4 Å². The molecule has 18 heavy (non-hydrogen) atoms. The van der Waals surface area contributed by atoms with E-state index >= 15 is 0 Å². The maximum Gasteiger partial charge on any atom is 0.104 e. The summed E-state index contributed by atoms with van der Waals surface area (Å²) in [5.74, 6) is 0. The highest BCUT2D eigenvalue weighted by Crippen LogP contribution is 2.27. The predicted octanol–water partition coefficient (Wildman–Crippen LogP) is 3.61. The Kier molecular flexibility index (Phi) is 3.09. The third-order valence-corrected chi connectivity index (χ3v) is 4.17. The molecule has 2 heterocycles. The first-order chi connectivity index (χ1) is 8.66. The zero-order valence-electron chi connectivity index (χ0n) is 10.1. The van der Waals surface area contributed by atoms with Gasteiger partial charge in [0.05, 0.1) is 18.6 Å². The maximum absolute atomic E-state index is 12.4. The number of rotatable bonds is 2. The number of hydroxylamine groups is 3. The van der Waals surface area contributed by atoms with Crippen LogP contribution in [0.1, 0.15) is 18.4 Å². The number of nitrogens with zero attached hydrogens (tertiary/aromatic N) is 2. The van der Waals surface area contributed by atoms with Crippen LogP contribution in [0.5, 0.6) is 0 Å². The molecule has 0 N–H and O–H groups in total. The molecule has 3 nitrogen and oxygen atoms in total. The SMILES string of the molecule is [O-][N+]1(Cc2cc(Br)c3ncccc3c2)CCCC1. The Balaban J connectivity index is 1.97. The second kappa shape index (κ2) is 4.61. The molecule has 94 valence electrons. The normalized spacial score (nSPS) is 18.3. The molecule has 3 rings (SSSR count). The molecule has 1 fully saturated rings. The van der Waals surface area contributed by atoms with Crippen LogP contribution in [-0.4, -0.2) is 22.7 Å². The van der Waals surface area contributed by atoms with Crippen molar-refractivity contribution >= 4 is 26.8 Å². The van der Waals surface area contributed by atoms with Crippen molar-refractivity contribution in [1.82, 2.24) is 4.98 Å². The van der Waals surface area contributed by atoms with Crippen molar-refractivity contribution in [3.8, 4) is 0 Å². The molecular weight excluding hydrogens is 292 g/mol. The van der Waals surface area contributed by atoms with Gasteiger partial charge in [-0.15, -0.1) is 0 Å². The van der Waals surface area contributed by atoms with E-state index in [4.69, 9.17) is 0 Å². The topological polar surface area (TPSA) is 36.0 Å². The predicted molar refractivity (Wildman–Crippen MR) is 75.7 cm³/mol. The maximum atomic E-state index is 12.4. The summed E-state index contributed by atoms with van der Waals surface area (Å²) in [4.78, 5) is 4.34. The average molecular weight is 307 g/mol. The summed E-state index contributed by atoms with van der Waals surface area (Å²) in [5, 5.41) is 13.5. The molecule has 0 spiro atoms. The van der Waals surface area contributed by atoms with Crippen molar-refractivity contribution in [2.75, 3.05) is 13.1 Å². The summed E-state index contributed by atoms with van der Waals surface area (Å²) in [7, 11) is 0. The van der Waals surface area contributed by atoms with Crippen LogP contribution < -0.4 is 0 Å². The fourth-order valence-electron chi connectivity index (χ4n) is 2.70. The van der Waals surface area contributed by atoms with Crippen molar-refractivity contribution in [3.63, 3.8) is 0 Å². The van der Waals surface area contributed by atoms with Gasteiger partial charge in [0.25, 0.3) is 0 Å². The van der Waals surface area contributed by atoms with Gasteiger partial charge in [-0.1, -0.05) is 6.07 Å². The summed E-state index contributed by atoms with van der Waals surface area (Å²) in [6.45, 7) is 2.08. The summed E-state index contributed by atoms with van der Waals surface area (Å²) >= 11 is 3.54. The monoisotopic (exact) mass is 306 g/mol. The number of likely N-dealkylation sites (tertiary alicyclic amines) is 1. The van der Waals surface area contributed by atoms with E-state index in [-0.39, 0.29) is 4.65 Å². The molecule has 4 heteroatoms. The van der Waals surface area contributed by atoms with Crippen LogP contribution in [-0.2, 0) is 6.54 Å². The highest BCUT2D eigenvalue weighted by atomic mass is 79.9. The fraction of sp³-hybridized carbons (Fsp3) is 0.357. The Morgan fingerprint density at radius 3 is 2.83 bits per heavy atom. The number of hydrogen-bond donors (Lipinski definition) is 0. The number of benzene rings is 1. The van der Waals surface area contributed by atoms with Gasteiger partial charge in [0, 0.05) is 34.5 Å². The molecule has 0 amide bonds. The summed E-state index contributed by atoms with van der Waals surface area (Å²) < 4.78 is 0.902. The molecule has 2 aromatic rings. The van der Waals surface area contributed by atoms with E-state index in [0.717, 1.165) is 46.9 Å². The third-order valence-electron chi connectivity index (χ3n) is 3.57. The molecule has 1 aromatic heterocycles. The largest absolute Gasteiger partial charge is 0.633 e. The van der Waals surface area contributed by atoms with E-state index in [0.29, 0.717) is 6.54 Å². The number of pyridine rings is 1. The lowest BCUT2D eigenvalue weighted by Gasteiger charge is -2.38. The highest BCUT2D eigenvalue weighted by Gasteiger charge is 2.23. The molecule has 0 aliphatic carbocycles. The first-order valence-corrected chi connectivity index (χ1v) is 7.06. The number of fused-ring (bicyclic) bond motifs is 1. The van der Waals surface area contributed by atoms with Crippen molar-refractivity contribution < 1.29 is 4.65 Å². The quantitative estimate of drug-likeness (QED) is 0.628. The summed E-state index contributed by atoms with van der Waals surface area (Å²) in [5.41, 5.74) is 2.05. The number of hydrogen-bond acceptors (Lipinski definition) is 2. The zero-order chi connectivity index (χ0) is 12.6. The van der Waals surface area contributed by atoms with Gasteiger partial charge in [0.2, 0.25) is 0 Å². The van der Waals surface area contributed by atoms with E-state index in [2.05, 4.69) is 27.0 Å². The smallest absolute Gasteiger partial charge is 0.104 e. The lowest BCUT2D eigenvalue weighted by molar-refractivity contribution is -0.881. The number of halogens is 1. The van der Waals surface area contributed by atoms with E-state index in [9.17, 15) is 5.21 Å². The van der Waals surface area contributed by atoms with Gasteiger partial charge in [-0.3, -0.25) is 4.98 Å². The van der Waals surface area contributed by atoms with Crippen LogP contribution in [0.25, 0.3) is 10.9 Å². The fourth-order valence-corrected chi connectivity index (χ4v) is 3.33. The minimum absolute atomic E-state index is 0.0712. The first kappa shape index (κ1) is 12.1. The van der Waals surface area contributed by atoms with Gasteiger partial charge in [0.1, 0.15) is 6.54 Å². The van der Waals surface area contributed by atoms with E-state index in [1.807, 2.05) is 18.2 Å². The van der Waals surface area contributed by atoms with Crippen LogP contribution in [0.3, 0.4) is 0 Å². The Hall–Kier alpha value is -0.970. The Morgan fingerprint density at radius 2 is 2.06 bits per heavy atom. The van der Waals surface area contributed by atoms with Gasteiger partial charge in [-0.05, 0) is 34.1 Å². The molecule has 1 aliphatic rings. The zero-order valence-corrected chi connectivity index (χ0v) is 11.7. The van der Waals surface area contributed by atoms with E-state index < -0.39 is 0 Å². The second-order valence-electron chi connectivity index (χ2n) is 5.02. The van der Waals surface area contributed by atoms with Crippen LogP contribution in [0, 0.1) is 5.21 Å². The Bertz CT molecular complexity index is 579. The highest BCUT2D eigenvalue weighted by molar-refractivity contribution is 9.10. The minimum atomic E-state index is -0.0712. The first-order valence-electron chi connectivity index (χ1n) is 6.27. The van der Waals surface area contributed by atoms with Crippen LogP contribution in [0.15, 0.2) is 34.9 Å². The molecule has 1 saturated heterocycles.